The topological polar surface area (TPSA) is 41.6 Å². The number of hydrogen-bond acceptors (Lipinski definition) is 3. The number of hydrogen-bond donors (Lipinski definition) is 1. The van der Waals surface area contributed by atoms with E-state index in [9.17, 15) is 4.79 Å². The standard InChI is InChI=1S/C19H17ClN2O2S/c1-12-16(18(23)24-2)17(13-8-10-14(20)11-9-13)21-19(25)22(12)15-6-4-3-5-7-15/h3-11,17H,1-2H3,(H,21,25). The van der Waals surface area contributed by atoms with Crippen LogP contribution in [0.15, 0.2) is 65.9 Å². The zero-order valence-electron chi connectivity index (χ0n) is 13.8. The van der Waals surface area contributed by atoms with E-state index >= 15 is 0 Å². The smallest absolute Gasteiger partial charge is 0.337 e. The molecule has 128 valence electrons. The van der Waals surface area contributed by atoms with Crippen molar-refractivity contribution in [3.8, 4) is 0 Å². The summed E-state index contributed by atoms with van der Waals surface area (Å²) >= 11 is 11.5. The zero-order valence-corrected chi connectivity index (χ0v) is 15.4. The van der Waals surface area contributed by atoms with Crippen LogP contribution in [0.3, 0.4) is 0 Å². The van der Waals surface area contributed by atoms with Crippen LogP contribution in [0.1, 0.15) is 18.5 Å². The normalized spacial score (nSPS) is 17.3. The molecule has 0 aliphatic carbocycles. The molecule has 1 unspecified atom stereocenters. The van der Waals surface area contributed by atoms with E-state index in [0.29, 0.717) is 15.7 Å². The van der Waals surface area contributed by atoms with Gasteiger partial charge in [0.2, 0.25) is 0 Å². The maximum Gasteiger partial charge on any atom is 0.337 e. The highest BCUT2D eigenvalue weighted by Gasteiger charge is 2.35. The molecule has 3 rings (SSSR count). The average Bonchev–Trinajstić information content (AvgIpc) is 2.62. The average molecular weight is 373 g/mol. The van der Waals surface area contributed by atoms with Crippen LogP contribution in [0.25, 0.3) is 0 Å². The molecule has 0 bridgehead atoms. The van der Waals surface area contributed by atoms with Gasteiger partial charge in [-0.05, 0) is 49.0 Å². The second-order valence-electron chi connectivity index (χ2n) is 5.60. The number of benzene rings is 2. The molecule has 2 aromatic rings. The van der Waals surface area contributed by atoms with E-state index in [1.165, 1.54) is 7.11 Å². The number of carbonyl (C=O) groups excluding carboxylic acids is 1. The Labute approximate surface area is 157 Å². The van der Waals surface area contributed by atoms with Gasteiger partial charge in [-0.3, -0.25) is 4.90 Å². The number of thiocarbonyl (C=S) groups is 1. The Morgan fingerprint density at radius 3 is 2.40 bits per heavy atom. The van der Waals surface area contributed by atoms with Gasteiger partial charge in [-0.2, -0.15) is 0 Å². The van der Waals surface area contributed by atoms with Crippen molar-refractivity contribution in [3.63, 3.8) is 0 Å². The number of nitrogens with zero attached hydrogens (tertiary/aromatic N) is 1. The van der Waals surface area contributed by atoms with Crippen LogP contribution in [0.4, 0.5) is 5.69 Å². The SMILES string of the molecule is COC(=O)C1=C(C)N(c2ccccc2)C(=S)NC1c1ccc(Cl)cc1. The molecule has 1 heterocycles. The Morgan fingerprint density at radius 2 is 1.80 bits per heavy atom. The van der Waals surface area contributed by atoms with Crippen molar-refractivity contribution in [2.75, 3.05) is 12.0 Å². The molecule has 0 saturated heterocycles. The van der Waals surface area contributed by atoms with E-state index in [4.69, 9.17) is 28.6 Å². The molecule has 0 radical (unpaired) electrons. The first kappa shape index (κ1) is 17.5. The molecule has 2 aromatic carbocycles. The molecule has 1 aliphatic heterocycles. The summed E-state index contributed by atoms with van der Waals surface area (Å²) in [5.74, 6) is -0.395. The van der Waals surface area contributed by atoms with Crippen LogP contribution in [0.5, 0.6) is 0 Å². The summed E-state index contributed by atoms with van der Waals surface area (Å²) in [7, 11) is 1.38. The summed E-state index contributed by atoms with van der Waals surface area (Å²) in [5.41, 5.74) is 3.02. The highest BCUT2D eigenvalue weighted by atomic mass is 35.5. The Hall–Kier alpha value is -2.37. The first-order valence-electron chi connectivity index (χ1n) is 7.73. The summed E-state index contributed by atoms with van der Waals surface area (Å²) < 4.78 is 5.02. The summed E-state index contributed by atoms with van der Waals surface area (Å²) in [6.45, 7) is 1.87. The number of ether oxygens (including phenoxy) is 1. The molecular weight excluding hydrogens is 356 g/mol. The van der Waals surface area contributed by atoms with Crippen LogP contribution < -0.4 is 10.2 Å². The van der Waals surface area contributed by atoms with E-state index in [2.05, 4.69) is 5.32 Å². The highest BCUT2D eigenvalue weighted by molar-refractivity contribution is 7.80. The van der Waals surface area contributed by atoms with Gasteiger partial charge in [0.15, 0.2) is 5.11 Å². The van der Waals surface area contributed by atoms with E-state index < -0.39 is 12.0 Å². The predicted octanol–water partition coefficient (Wildman–Crippen LogP) is 4.22. The van der Waals surface area contributed by atoms with Crippen molar-refractivity contribution in [1.29, 1.82) is 0 Å². The third-order valence-electron chi connectivity index (χ3n) is 4.11. The fraction of sp³-hybridized carbons (Fsp3) is 0.158. The highest BCUT2D eigenvalue weighted by Crippen LogP contribution is 2.34. The predicted molar refractivity (Wildman–Crippen MR) is 104 cm³/mol. The first-order chi connectivity index (χ1) is 12.0. The number of allylic oxidation sites excluding steroid dienone is 1. The van der Waals surface area contributed by atoms with Gasteiger partial charge < -0.3 is 10.1 Å². The fourth-order valence-corrected chi connectivity index (χ4v) is 3.40. The van der Waals surface area contributed by atoms with Gasteiger partial charge in [0.1, 0.15) is 0 Å². The number of rotatable bonds is 3. The summed E-state index contributed by atoms with van der Waals surface area (Å²) in [6, 6.07) is 16.6. The molecule has 0 amide bonds. The van der Waals surface area contributed by atoms with Crippen molar-refractivity contribution in [1.82, 2.24) is 5.32 Å². The van der Waals surface area contributed by atoms with Gasteiger partial charge in [-0.25, -0.2) is 4.79 Å². The number of esters is 1. The monoisotopic (exact) mass is 372 g/mol. The van der Waals surface area contributed by atoms with Crippen molar-refractivity contribution in [2.45, 2.75) is 13.0 Å². The summed E-state index contributed by atoms with van der Waals surface area (Å²) in [4.78, 5) is 14.3. The lowest BCUT2D eigenvalue weighted by atomic mass is 9.95. The number of para-hydroxylation sites is 1. The quantitative estimate of drug-likeness (QED) is 0.645. The minimum atomic E-state index is -0.395. The zero-order chi connectivity index (χ0) is 18.0. The van der Waals surface area contributed by atoms with Gasteiger partial charge in [-0.1, -0.05) is 41.9 Å². The van der Waals surface area contributed by atoms with Crippen molar-refractivity contribution in [2.24, 2.45) is 0 Å². The van der Waals surface area contributed by atoms with E-state index in [-0.39, 0.29) is 0 Å². The fourth-order valence-electron chi connectivity index (χ4n) is 2.91. The molecule has 1 aliphatic rings. The van der Waals surface area contributed by atoms with E-state index in [0.717, 1.165) is 16.9 Å². The Kier molecular flexibility index (Phi) is 5.06. The van der Waals surface area contributed by atoms with Gasteiger partial charge in [0.25, 0.3) is 0 Å². The largest absolute Gasteiger partial charge is 0.466 e. The van der Waals surface area contributed by atoms with Gasteiger partial charge >= 0.3 is 5.97 Å². The Bertz CT molecular complexity index is 834. The minimum absolute atomic E-state index is 0.392. The third kappa shape index (κ3) is 3.38. The molecule has 0 saturated carbocycles. The van der Waals surface area contributed by atoms with Crippen molar-refractivity contribution in [3.05, 3.63) is 76.5 Å². The molecule has 0 aromatic heterocycles. The van der Waals surface area contributed by atoms with Crippen molar-refractivity contribution >= 4 is 40.6 Å². The minimum Gasteiger partial charge on any atom is -0.466 e. The summed E-state index contributed by atoms with van der Waals surface area (Å²) in [6.07, 6.45) is 0. The maximum atomic E-state index is 12.5. The van der Waals surface area contributed by atoms with Crippen LogP contribution in [0, 0.1) is 0 Å². The number of nitrogens with one attached hydrogen (secondary N) is 1. The van der Waals surface area contributed by atoms with Gasteiger partial charge in [0.05, 0.1) is 18.7 Å². The molecule has 4 nitrogen and oxygen atoms in total. The number of methoxy groups -OCH3 is 1. The Balaban J connectivity index is 2.12. The first-order valence-corrected chi connectivity index (χ1v) is 8.51. The van der Waals surface area contributed by atoms with Crippen LogP contribution in [-0.4, -0.2) is 18.2 Å². The molecular formula is C19H17ClN2O2S. The van der Waals surface area contributed by atoms with Gasteiger partial charge in [0, 0.05) is 16.4 Å². The second-order valence-corrected chi connectivity index (χ2v) is 6.42. The molecule has 0 spiro atoms. The second kappa shape index (κ2) is 7.25. The molecule has 1 atom stereocenters. The van der Waals surface area contributed by atoms with Crippen LogP contribution >= 0.6 is 23.8 Å². The lowest BCUT2D eigenvalue weighted by Crippen LogP contribution is -2.48. The third-order valence-corrected chi connectivity index (χ3v) is 4.66. The van der Waals surface area contributed by atoms with Crippen LogP contribution in [0.2, 0.25) is 5.02 Å². The van der Waals surface area contributed by atoms with E-state index in [1.54, 1.807) is 12.1 Å². The van der Waals surface area contributed by atoms with Gasteiger partial charge in [-0.15, -0.1) is 0 Å². The number of carbonyl (C=O) groups is 1. The molecule has 1 N–H and O–H groups in total. The van der Waals surface area contributed by atoms with Crippen molar-refractivity contribution < 1.29 is 9.53 Å². The molecule has 6 heteroatoms. The number of halogens is 1. The maximum absolute atomic E-state index is 12.5. The lowest BCUT2D eigenvalue weighted by molar-refractivity contribution is -0.136. The van der Waals surface area contributed by atoms with Crippen LogP contribution in [-0.2, 0) is 9.53 Å². The lowest BCUT2D eigenvalue weighted by Gasteiger charge is -2.37. The van der Waals surface area contributed by atoms with E-state index in [1.807, 2.05) is 54.3 Å². The Morgan fingerprint density at radius 1 is 1.16 bits per heavy atom. The molecule has 0 fully saturated rings. The molecule has 25 heavy (non-hydrogen) atoms. The summed E-state index contributed by atoms with van der Waals surface area (Å²) in [5, 5.41) is 4.41. The number of anilines is 1.